The van der Waals surface area contributed by atoms with Gasteiger partial charge in [0.2, 0.25) is 0 Å². The number of aliphatic hydroxyl groups excluding tert-OH is 2. The normalized spacial score (nSPS) is 20.0. The van der Waals surface area contributed by atoms with Gasteiger partial charge in [0, 0.05) is 6.54 Å². The molecule has 0 spiro atoms. The SMILES string of the molecule is CCCOC(=O)[C@@H]1CCCNC1.O=C(O)[C@@H](O)[C@H](O)C(=O)O. The fourth-order valence-electron chi connectivity index (χ4n) is 1.64. The van der Waals surface area contributed by atoms with E-state index in [2.05, 4.69) is 5.32 Å². The molecule has 0 aromatic heterocycles. The van der Waals surface area contributed by atoms with Crippen molar-refractivity contribution in [2.24, 2.45) is 5.92 Å². The molecular weight excluding hydrogens is 298 g/mol. The summed E-state index contributed by atoms with van der Waals surface area (Å²) >= 11 is 0. The highest BCUT2D eigenvalue weighted by atomic mass is 16.5. The third-order valence-electron chi connectivity index (χ3n) is 2.88. The highest BCUT2D eigenvalue weighted by Crippen LogP contribution is 2.11. The van der Waals surface area contributed by atoms with E-state index in [1.807, 2.05) is 6.92 Å². The Morgan fingerprint density at radius 3 is 2.09 bits per heavy atom. The van der Waals surface area contributed by atoms with Gasteiger partial charge in [0.1, 0.15) is 0 Å². The van der Waals surface area contributed by atoms with Crippen LogP contribution in [0.15, 0.2) is 0 Å². The average molecular weight is 321 g/mol. The molecule has 3 atom stereocenters. The van der Waals surface area contributed by atoms with Gasteiger partial charge in [-0.25, -0.2) is 9.59 Å². The number of hydrogen-bond acceptors (Lipinski definition) is 7. The molecule has 128 valence electrons. The smallest absolute Gasteiger partial charge is 0.335 e. The van der Waals surface area contributed by atoms with Crippen LogP contribution in [0.4, 0.5) is 0 Å². The lowest BCUT2D eigenvalue weighted by Crippen LogP contribution is -2.39. The minimum atomic E-state index is -2.27. The molecule has 0 saturated carbocycles. The van der Waals surface area contributed by atoms with E-state index in [1.54, 1.807) is 0 Å². The number of hydrogen-bond donors (Lipinski definition) is 5. The van der Waals surface area contributed by atoms with Crippen molar-refractivity contribution in [1.82, 2.24) is 5.32 Å². The van der Waals surface area contributed by atoms with Crippen molar-refractivity contribution in [1.29, 1.82) is 0 Å². The minimum absolute atomic E-state index is 0.0240. The van der Waals surface area contributed by atoms with E-state index in [4.69, 9.17) is 25.2 Å². The molecule has 0 unspecified atom stereocenters. The van der Waals surface area contributed by atoms with Crippen molar-refractivity contribution in [3.05, 3.63) is 0 Å². The van der Waals surface area contributed by atoms with Crippen LogP contribution in [-0.4, -0.2) is 70.2 Å². The van der Waals surface area contributed by atoms with Crippen LogP contribution in [-0.2, 0) is 19.1 Å². The van der Waals surface area contributed by atoms with Crippen molar-refractivity contribution in [2.45, 2.75) is 38.4 Å². The summed E-state index contributed by atoms with van der Waals surface area (Å²) in [4.78, 5) is 30.8. The minimum Gasteiger partial charge on any atom is -0.479 e. The molecule has 0 aromatic rings. The number of ether oxygens (including phenoxy) is 1. The monoisotopic (exact) mass is 321 g/mol. The number of aliphatic hydroxyl groups is 2. The zero-order valence-electron chi connectivity index (χ0n) is 12.4. The molecule has 9 heteroatoms. The number of nitrogens with one attached hydrogen (secondary N) is 1. The van der Waals surface area contributed by atoms with Crippen LogP contribution in [0.3, 0.4) is 0 Å². The van der Waals surface area contributed by atoms with Gasteiger partial charge in [-0.05, 0) is 25.8 Å². The molecule has 1 aliphatic rings. The summed E-state index contributed by atoms with van der Waals surface area (Å²) in [5, 5.41) is 35.7. The largest absolute Gasteiger partial charge is 0.479 e. The number of rotatable bonds is 6. The van der Waals surface area contributed by atoms with E-state index < -0.39 is 24.1 Å². The van der Waals surface area contributed by atoms with Crippen LogP contribution < -0.4 is 5.32 Å². The molecule has 9 nitrogen and oxygen atoms in total. The van der Waals surface area contributed by atoms with Gasteiger partial charge < -0.3 is 30.5 Å². The predicted octanol–water partition coefficient (Wildman–Crippen LogP) is -1.18. The van der Waals surface area contributed by atoms with E-state index in [9.17, 15) is 14.4 Å². The molecule has 0 aromatic carbocycles. The van der Waals surface area contributed by atoms with E-state index in [-0.39, 0.29) is 11.9 Å². The van der Waals surface area contributed by atoms with Crippen molar-refractivity contribution >= 4 is 17.9 Å². The highest BCUT2D eigenvalue weighted by molar-refractivity contribution is 5.83. The second-order valence-corrected chi connectivity index (χ2v) is 4.78. The second-order valence-electron chi connectivity index (χ2n) is 4.78. The maximum Gasteiger partial charge on any atom is 0.335 e. The summed E-state index contributed by atoms with van der Waals surface area (Å²) in [5.41, 5.74) is 0. The topological polar surface area (TPSA) is 153 Å². The number of carbonyl (C=O) groups excluding carboxylic acids is 1. The van der Waals surface area contributed by atoms with E-state index in [0.29, 0.717) is 6.61 Å². The van der Waals surface area contributed by atoms with Gasteiger partial charge >= 0.3 is 17.9 Å². The van der Waals surface area contributed by atoms with Gasteiger partial charge in [0.25, 0.3) is 0 Å². The number of carbonyl (C=O) groups is 3. The number of piperidine rings is 1. The molecule has 0 amide bonds. The van der Waals surface area contributed by atoms with Crippen LogP contribution in [0.1, 0.15) is 26.2 Å². The summed E-state index contributed by atoms with van der Waals surface area (Å²) in [5.74, 6) is -3.46. The van der Waals surface area contributed by atoms with Gasteiger partial charge in [-0.15, -0.1) is 0 Å². The summed E-state index contributed by atoms with van der Waals surface area (Å²) in [6.45, 7) is 4.40. The number of esters is 1. The zero-order valence-corrected chi connectivity index (χ0v) is 12.4. The van der Waals surface area contributed by atoms with Crippen LogP contribution in [0.2, 0.25) is 0 Å². The quantitative estimate of drug-likeness (QED) is 0.380. The Balaban J connectivity index is 0.000000409. The second kappa shape index (κ2) is 10.9. The maximum absolute atomic E-state index is 11.3. The molecule has 0 bridgehead atoms. The van der Waals surface area contributed by atoms with Gasteiger partial charge in [0.05, 0.1) is 12.5 Å². The Bertz CT molecular complexity index is 349. The molecule has 1 heterocycles. The lowest BCUT2D eigenvalue weighted by atomic mass is 10.0. The van der Waals surface area contributed by atoms with Crippen LogP contribution in [0.5, 0.6) is 0 Å². The van der Waals surface area contributed by atoms with E-state index >= 15 is 0 Å². The summed E-state index contributed by atoms with van der Waals surface area (Å²) in [6, 6.07) is 0. The molecular formula is C13H23NO8. The fourth-order valence-corrected chi connectivity index (χ4v) is 1.64. The Morgan fingerprint density at radius 2 is 1.73 bits per heavy atom. The highest BCUT2D eigenvalue weighted by Gasteiger charge is 2.29. The van der Waals surface area contributed by atoms with Gasteiger partial charge in [0.15, 0.2) is 12.2 Å². The first kappa shape index (κ1) is 20.3. The molecule has 0 radical (unpaired) electrons. The lowest BCUT2D eigenvalue weighted by Gasteiger charge is -2.20. The molecule has 1 aliphatic heterocycles. The first-order valence-electron chi connectivity index (χ1n) is 7.00. The number of carboxylic acid groups (broad SMARTS) is 2. The van der Waals surface area contributed by atoms with Gasteiger partial charge in [-0.1, -0.05) is 6.92 Å². The predicted molar refractivity (Wildman–Crippen MR) is 74.1 cm³/mol. The van der Waals surface area contributed by atoms with Crippen LogP contribution >= 0.6 is 0 Å². The molecule has 22 heavy (non-hydrogen) atoms. The maximum atomic E-state index is 11.3. The Hall–Kier alpha value is -1.71. The molecule has 1 saturated heterocycles. The molecule has 1 fully saturated rings. The van der Waals surface area contributed by atoms with Crippen molar-refractivity contribution < 1.29 is 39.5 Å². The third-order valence-corrected chi connectivity index (χ3v) is 2.88. The Labute approximate surface area is 127 Å². The van der Waals surface area contributed by atoms with Crippen LogP contribution in [0.25, 0.3) is 0 Å². The summed E-state index contributed by atoms with van der Waals surface area (Å²) in [6.07, 6.45) is -1.55. The first-order chi connectivity index (χ1) is 10.3. The lowest BCUT2D eigenvalue weighted by molar-refractivity contribution is -0.165. The third kappa shape index (κ3) is 7.91. The Morgan fingerprint density at radius 1 is 1.18 bits per heavy atom. The van der Waals surface area contributed by atoms with Crippen molar-refractivity contribution in [3.8, 4) is 0 Å². The van der Waals surface area contributed by atoms with E-state index in [1.165, 1.54) is 0 Å². The fraction of sp³-hybridized carbons (Fsp3) is 0.769. The van der Waals surface area contributed by atoms with Gasteiger partial charge in [-0.3, -0.25) is 4.79 Å². The number of aliphatic carboxylic acids is 2. The van der Waals surface area contributed by atoms with Gasteiger partial charge in [-0.2, -0.15) is 0 Å². The average Bonchev–Trinajstić information content (AvgIpc) is 2.52. The molecule has 5 N–H and O–H groups in total. The summed E-state index contributed by atoms with van der Waals surface area (Å²) < 4.78 is 5.05. The molecule has 0 aliphatic carbocycles. The molecule has 1 rings (SSSR count). The van der Waals surface area contributed by atoms with Crippen molar-refractivity contribution in [2.75, 3.05) is 19.7 Å². The zero-order chi connectivity index (χ0) is 17.1. The first-order valence-corrected chi connectivity index (χ1v) is 7.00. The summed E-state index contributed by atoms with van der Waals surface area (Å²) in [7, 11) is 0. The number of carboxylic acids is 2. The standard InChI is InChI=1S/C9H17NO2.C4H6O6/c1-2-6-12-9(11)8-4-3-5-10-7-8;5-1(3(7)8)2(6)4(9)10/h8,10H,2-7H2,1H3;1-2,5-6H,(H,7,8)(H,9,10)/t8-;1-,2-/m10/s1. The van der Waals surface area contributed by atoms with Crippen LogP contribution in [0, 0.1) is 5.92 Å². The van der Waals surface area contributed by atoms with E-state index in [0.717, 1.165) is 32.4 Å². The Kier molecular flexibility index (Phi) is 10.1. The van der Waals surface area contributed by atoms with Crippen molar-refractivity contribution in [3.63, 3.8) is 0 Å².